The minimum absolute atomic E-state index is 0. The van der Waals surface area contributed by atoms with E-state index in [1.165, 1.54) is 67.1 Å². The summed E-state index contributed by atoms with van der Waals surface area (Å²) in [5.41, 5.74) is 12.1. The van der Waals surface area contributed by atoms with Gasteiger partial charge in [0.15, 0.2) is 5.78 Å². The molecule has 0 spiro atoms. The Labute approximate surface area is 285 Å². The Morgan fingerprint density at radius 2 is 1.67 bits per heavy atom. The molecule has 6 rings (SSSR count). The van der Waals surface area contributed by atoms with Crippen LogP contribution in [-0.4, -0.2) is 24.7 Å². The zero-order valence-corrected chi connectivity index (χ0v) is 31.8. The van der Waals surface area contributed by atoms with Crippen LogP contribution in [0.15, 0.2) is 65.0 Å². The van der Waals surface area contributed by atoms with Crippen molar-refractivity contribution in [3.05, 3.63) is 93.9 Å². The number of carbonyl (C=O) groups excluding carboxylic acids is 1. The third kappa shape index (κ3) is 6.41. The van der Waals surface area contributed by atoms with Crippen LogP contribution in [0.5, 0.6) is 0 Å². The van der Waals surface area contributed by atoms with Gasteiger partial charge in [0.2, 0.25) is 0 Å². The van der Waals surface area contributed by atoms with Crippen LogP contribution in [0.4, 0.5) is 0 Å². The number of fused-ring (bicyclic) bond motifs is 4. The minimum Gasteiger partial charge on any atom is -0.512 e. The van der Waals surface area contributed by atoms with E-state index >= 15 is 0 Å². The number of benzene rings is 3. The van der Waals surface area contributed by atoms with Crippen LogP contribution in [0, 0.1) is 31.7 Å². The summed E-state index contributed by atoms with van der Waals surface area (Å²) in [6.45, 7) is 19.8. The van der Waals surface area contributed by atoms with E-state index in [1.807, 2.05) is 33.9 Å². The van der Waals surface area contributed by atoms with Crippen molar-refractivity contribution in [2.24, 2.45) is 16.8 Å². The second-order valence-corrected chi connectivity index (χ2v) is 18.7. The molecule has 0 aromatic heterocycles. The van der Waals surface area contributed by atoms with E-state index in [9.17, 15) is 9.90 Å². The van der Waals surface area contributed by atoms with Gasteiger partial charge in [0.25, 0.3) is 0 Å². The molecular formula is C40H48IrNO2Si-. The Hall–Kier alpha value is -2.85. The zero-order valence-electron chi connectivity index (χ0n) is 28.4. The standard InChI is InChI=1S/C27H24NSi.C13H24O2.Ir/c1-15-6-7-19-16(2)24-20-8-9-23(29(3,4)5)21-13-17-10-11-28-27(25(17)26(20)21)22(24)14-18(19)12-15;1-5-10(6-2)12(14)9-13(15)11(7-3)8-4;/h6-13,25H,1-5H3;9-11,14H,5-8H2,1-4H3;/q-1;;/b;12-9-;. The maximum Gasteiger partial charge on any atom is 0.162 e. The molecule has 3 aromatic carbocycles. The minimum atomic E-state index is -1.45. The molecular weight excluding hydrogens is 747 g/mol. The third-order valence-electron chi connectivity index (χ3n) is 9.85. The van der Waals surface area contributed by atoms with Gasteiger partial charge >= 0.3 is 0 Å². The Kier molecular flexibility index (Phi) is 10.8. The van der Waals surface area contributed by atoms with Crippen molar-refractivity contribution in [3.8, 4) is 11.1 Å². The molecule has 0 saturated carbocycles. The van der Waals surface area contributed by atoms with Crippen molar-refractivity contribution in [1.29, 1.82) is 0 Å². The van der Waals surface area contributed by atoms with Gasteiger partial charge in [-0.3, -0.25) is 9.79 Å². The molecule has 1 N–H and O–H groups in total. The van der Waals surface area contributed by atoms with Crippen LogP contribution < -0.4 is 5.19 Å². The first-order chi connectivity index (χ1) is 20.9. The molecule has 0 amide bonds. The topological polar surface area (TPSA) is 49.7 Å². The Bertz CT molecular complexity index is 1750. The average molecular weight is 795 g/mol. The third-order valence-corrected chi connectivity index (χ3v) is 11.9. The number of aryl methyl sites for hydroxylation is 2. The molecule has 0 bridgehead atoms. The van der Waals surface area contributed by atoms with Crippen molar-refractivity contribution in [2.45, 2.75) is 92.8 Å². The van der Waals surface area contributed by atoms with Gasteiger partial charge in [-0.25, -0.2) is 0 Å². The summed E-state index contributed by atoms with van der Waals surface area (Å²) in [4.78, 5) is 16.6. The molecule has 3 aliphatic rings. The number of rotatable bonds is 8. The molecule has 3 aromatic rings. The molecule has 1 unspecified atom stereocenters. The zero-order chi connectivity index (χ0) is 31.9. The largest absolute Gasteiger partial charge is 0.512 e. The number of carbonyl (C=O) groups is 1. The monoisotopic (exact) mass is 795 g/mol. The van der Waals surface area contributed by atoms with E-state index in [1.54, 1.807) is 5.19 Å². The maximum atomic E-state index is 11.7. The van der Waals surface area contributed by atoms with E-state index in [0.717, 1.165) is 25.7 Å². The summed E-state index contributed by atoms with van der Waals surface area (Å²) >= 11 is 0. The van der Waals surface area contributed by atoms with Gasteiger partial charge in [0, 0.05) is 50.1 Å². The predicted molar refractivity (Wildman–Crippen MR) is 191 cm³/mol. The number of nitrogens with zero attached hydrogens (tertiary/aromatic N) is 1. The Morgan fingerprint density at radius 3 is 2.29 bits per heavy atom. The first-order valence-electron chi connectivity index (χ1n) is 16.5. The first kappa shape index (κ1) is 35.0. The fraction of sp³-hybridized carbons (Fsp3) is 0.400. The summed E-state index contributed by atoms with van der Waals surface area (Å²) in [5, 5.41) is 13.8. The van der Waals surface area contributed by atoms with E-state index in [2.05, 4.69) is 82.0 Å². The first-order valence-corrected chi connectivity index (χ1v) is 20.0. The smallest absolute Gasteiger partial charge is 0.162 e. The number of aliphatic hydroxyl groups is 1. The van der Waals surface area contributed by atoms with Crippen LogP contribution in [-0.2, 0) is 24.9 Å². The van der Waals surface area contributed by atoms with Crippen LogP contribution in [0.3, 0.4) is 0 Å². The summed E-state index contributed by atoms with van der Waals surface area (Å²) in [6.07, 6.45) is 11.5. The fourth-order valence-corrected chi connectivity index (χ4v) is 8.83. The summed E-state index contributed by atoms with van der Waals surface area (Å²) in [5.74, 6) is 0.817. The summed E-state index contributed by atoms with van der Waals surface area (Å²) < 4.78 is 0. The van der Waals surface area contributed by atoms with Gasteiger partial charge in [-0.2, -0.15) is 0 Å². The summed E-state index contributed by atoms with van der Waals surface area (Å²) in [7, 11) is -1.45. The molecule has 0 saturated heterocycles. The van der Waals surface area contributed by atoms with Crippen molar-refractivity contribution in [2.75, 3.05) is 0 Å². The van der Waals surface area contributed by atoms with Gasteiger partial charge in [0.05, 0.1) is 13.8 Å². The quantitative estimate of drug-likeness (QED) is 0.107. The number of allylic oxidation sites excluding steroid dienone is 4. The number of hydrogen-bond donors (Lipinski definition) is 1. The molecule has 1 aliphatic heterocycles. The van der Waals surface area contributed by atoms with Crippen LogP contribution >= 0.6 is 0 Å². The number of aliphatic hydroxyl groups excluding tert-OH is 1. The van der Waals surface area contributed by atoms with E-state index in [-0.39, 0.29) is 49.4 Å². The number of hydrogen-bond acceptors (Lipinski definition) is 3. The van der Waals surface area contributed by atoms with Crippen molar-refractivity contribution in [3.63, 3.8) is 0 Å². The Balaban J connectivity index is 0.000000249. The molecule has 3 nitrogen and oxygen atoms in total. The van der Waals surface area contributed by atoms with Gasteiger partial charge in [-0.15, -0.1) is 23.1 Å². The molecule has 1 atom stereocenters. The normalized spacial score (nSPS) is 16.1. The van der Waals surface area contributed by atoms with Crippen molar-refractivity contribution < 1.29 is 30.0 Å². The van der Waals surface area contributed by atoms with Crippen LogP contribution in [0.1, 0.15) is 87.1 Å². The molecule has 239 valence electrons. The van der Waals surface area contributed by atoms with E-state index in [0.29, 0.717) is 0 Å². The molecule has 45 heavy (non-hydrogen) atoms. The summed E-state index contributed by atoms with van der Waals surface area (Å²) in [6, 6.07) is 15.3. The molecule has 1 heterocycles. The van der Waals surface area contributed by atoms with Crippen molar-refractivity contribution >= 4 is 41.6 Å². The second-order valence-electron chi connectivity index (χ2n) is 13.7. The van der Waals surface area contributed by atoms with Gasteiger partial charge in [-0.05, 0) is 66.7 Å². The number of aliphatic imine (C=N–C) groups is 1. The maximum absolute atomic E-state index is 11.7. The van der Waals surface area contributed by atoms with Gasteiger partial charge in [0.1, 0.15) is 0 Å². The average Bonchev–Trinajstić information content (AvgIpc) is 3.37. The predicted octanol–water partition coefficient (Wildman–Crippen LogP) is 10.1. The van der Waals surface area contributed by atoms with Gasteiger partial charge in [-0.1, -0.05) is 112 Å². The molecule has 0 fully saturated rings. The van der Waals surface area contributed by atoms with Crippen LogP contribution in [0.25, 0.3) is 28.0 Å². The number of ketones is 1. The second kappa shape index (κ2) is 13.9. The van der Waals surface area contributed by atoms with Crippen molar-refractivity contribution in [1.82, 2.24) is 0 Å². The molecule has 5 heteroatoms. The van der Waals surface area contributed by atoms with E-state index in [4.69, 9.17) is 4.99 Å². The van der Waals surface area contributed by atoms with E-state index < -0.39 is 8.07 Å². The Morgan fingerprint density at radius 1 is 1.00 bits per heavy atom. The molecule has 2 aliphatic carbocycles. The fourth-order valence-electron chi connectivity index (χ4n) is 7.23. The molecule has 1 radical (unpaired) electrons. The van der Waals surface area contributed by atoms with Gasteiger partial charge < -0.3 is 5.11 Å². The van der Waals surface area contributed by atoms with Crippen LogP contribution in [0.2, 0.25) is 19.6 Å². The SMILES string of the molecule is CCC(CC)C(=O)/C=C(\O)C(CC)CC.Cc1ccc2c(C)c3c([c-]c2c1)C1=NC=CC2=Cc4c([Si](C)(C)C)ccc-3c4C21.[Ir].